The highest BCUT2D eigenvalue weighted by Crippen LogP contribution is 2.43. The second kappa shape index (κ2) is 8.05. The Bertz CT molecular complexity index is 1290. The maximum absolute atomic E-state index is 14.0. The van der Waals surface area contributed by atoms with E-state index in [1.165, 1.54) is 0 Å². The number of carbonyl (C=O) groups is 1. The van der Waals surface area contributed by atoms with Crippen LogP contribution >= 0.6 is 11.6 Å². The highest BCUT2D eigenvalue weighted by Gasteiger charge is 2.34. The van der Waals surface area contributed by atoms with Crippen molar-refractivity contribution in [3.8, 4) is 5.75 Å². The van der Waals surface area contributed by atoms with Crippen LogP contribution < -0.4 is 14.5 Å². The normalized spacial score (nSPS) is 12.9. The number of hydrogen-bond donors (Lipinski definition) is 0. The summed E-state index contributed by atoms with van der Waals surface area (Å²) in [7, 11) is 3.55. The van der Waals surface area contributed by atoms with Crippen molar-refractivity contribution in [2.75, 3.05) is 24.0 Å². The van der Waals surface area contributed by atoms with E-state index in [0.29, 0.717) is 28.8 Å². The Labute approximate surface area is 191 Å². The molecule has 0 unspecified atom stereocenters. The number of fused-ring (bicyclic) bond motifs is 2. The van der Waals surface area contributed by atoms with E-state index in [1.54, 1.807) is 18.3 Å². The summed E-state index contributed by atoms with van der Waals surface area (Å²) in [6.07, 6.45) is 1.72. The number of benzene rings is 3. The van der Waals surface area contributed by atoms with Crippen LogP contribution in [0.3, 0.4) is 0 Å². The summed E-state index contributed by atoms with van der Waals surface area (Å²) in [6, 6.07) is 22.9. The van der Waals surface area contributed by atoms with Crippen LogP contribution in [0, 0.1) is 0 Å². The van der Waals surface area contributed by atoms with Crippen molar-refractivity contribution < 1.29 is 9.53 Å². The number of para-hydroxylation sites is 1. The Morgan fingerprint density at radius 3 is 2.44 bits per heavy atom. The molecule has 0 aliphatic carbocycles. The Kier molecular flexibility index (Phi) is 5.07. The Hall–Kier alpha value is -3.77. The fraction of sp³-hybridized carbons (Fsp3) is 0.120. The van der Waals surface area contributed by atoms with Crippen LogP contribution in [-0.2, 0) is 6.54 Å². The number of hydrogen-bond acceptors (Lipinski definition) is 4. The van der Waals surface area contributed by atoms with Gasteiger partial charge in [-0.1, -0.05) is 41.9 Å². The molecule has 0 spiro atoms. The Balaban J connectivity index is 1.65. The second-order valence-electron chi connectivity index (χ2n) is 7.56. The first-order valence-electron chi connectivity index (χ1n) is 10.2. The van der Waals surface area contributed by atoms with Crippen LogP contribution in [0.25, 0.3) is 0 Å². The van der Waals surface area contributed by atoms with Gasteiger partial charge in [0.2, 0.25) is 0 Å². The van der Waals surface area contributed by atoms with E-state index in [9.17, 15) is 4.79 Å². The molecule has 32 heavy (non-hydrogen) atoms. The molecule has 4 aromatic rings. The van der Waals surface area contributed by atoms with Crippen LogP contribution in [0.4, 0.5) is 22.9 Å². The van der Waals surface area contributed by atoms with Gasteiger partial charge in [-0.25, -0.2) is 4.98 Å². The van der Waals surface area contributed by atoms with Gasteiger partial charge in [0.05, 0.1) is 24.8 Å². The average molecular weight is 445 g/mol. The summed E-state index contributed by atoms with van der Waals surface area (Å²) in [4.78, 5) is 22.3. The summed E-state index contributed by atoms with van der Waals surface area (Å²) in [5.74, 6) is 1.23. The fourth-order valence-corrected chi connectivity index (χ4v) is 4.17. The van der Waals surface area contributed by atoms with Crippen LogP contribution in [0.1, 0.15) is 16.1 Å². The highest BCUT2D eigenvalue weighted by atomic mass is 35.5. The molecule has 5 rings (SSSR count). The number of rotatable bonds is 4. The molecule has 0 bridgehead atoms. The van der Waals surface area contributed by atoms with Gasteiger partial charge < -0.3 is 14.2 Å². The van der Waals surface area contributed by atoms with Gasteiger partial charge in [-0.3, -0.25) is 9.69 Å². The molecule has 1 aliphatic rings. The number of amides is 1. The lowest BCUT2D eigenvalue weighted by Gasteiger charge is -2.25. The second-order valence-corrected chi connectivity index (χ2v) is 8.00. The van der Waals surface area contributed by atoms with Gasteiger partial charge in [0.25, 0.3) is 5.91 Å². The van der Waals surface area contributed by atoms with Crippen molar-refractivity contribution in [1.82, 2.24) is 9.55 Å². The van der Waals surface area contributed by atoms with Crippen molar-refractivity contribution in [2.24, 2.45) is 0 Å². The lowest BCUT2D eigenvalue weighted by molar-refractivity contribution is 0.0992. The maximum atomic E-state index is 14.0. The molecular formula is C25H21ClN4O2. The zero-order valence-corrected chi connectivity index (χ0v) is 18.5. The average Bonchev–Trinajstić information content (AvgIpc) is 3.20. The van der Waals surface area contributed by atoms with E-state index >= 15 is 0 Å². The van der Waals surface area contributed by atoms with E-state index < -0.39 is 0 Å². The number of nitrogens with zero attached hydrogens (tertiary/aromatic N) is 4. The maximum Gasteiger partial charge on any atom is 0.283 e. The molecule has 7 heteroatoms. The predicted octanol–water partition coefficient (Wildman–Crippen LogP) is 5.65. The standard InChI is InChI=1S/C25H21ClN4O2/c1-28-21-13-10-18(26)14-22(21)30(19-6-4-3-5-7-19)25(31)23-24(28)27-16-29(23)15-17-8-11-20(32-2)12-9-17/h3-14,16H,15H2,1-2H3. The molecule has 0 atom stereocenters. The number of anilines is 4. The molecule has 0 saturated heterocycles. The largest absolute Gasteiger partial charge is 0.497 e. The van der Waals surface area contributed by atoms with Crippen molar-refractivity contribution >= 4 is 40.4 Å². The summed E-state index contributed by atoms with van der Waals surface area (Å²) < 4.78 is 7.14. The minimum atomic E-state index is -0.162. The molecule has 0 radical (unpaired) electrons. The first-order chi connectivity index (χ1) is 15.6. The fourth-order valence-electron chi connectivity index (χ4n) is 4.01. The summed E-state index contributed by atoms with van der Waals surface area (Å²) in [5, 5.41) is 0.562. The summed E-state index contributed by atoms with van der Waals surface area (Å²) in [5.41, 5.74) is 3.88. The van der Waals surface area contributed by atoms with Crippen LogP contribution in [0.2, 0.25) is 5.02 Å². The third-order valence-corrected chi connectivity index (χ3v) is 5.84. The van der Waals surface area contributed by atoms with Crippen LogP contribution in [-0.4, -0.2) is 29.6 Å². The molecule has 1 amide bonds. The van der Waals surface area contributed by atoms with Gasteiger partial charge in [0.1, 0.15) is 5.75 Å². The highest BCUT2D eigenvalue weighted by molar-refractivity contribution is 6.31. The minimum absolute atomic E-state index is 0.162. The number of imidazole rings is 1. The molecule has 0 N–H and O–H groups in total. The van der Waals surface area contributed by atoms with E-state index in [0.717, 1.165) is 22.7 Å². The zero-order valence-electron chi connectivity index (χ0n) is 17.7. The third kappa shape index (κ3) is 3.39. The van der Waals surface area contributed by atoms with Crippen molar-refractivity contribution in [3.05, 3.63) is 95.4 Å². The van der Waals surface area contributed by atoms with Gasteiger partial charge in [-0.15, -0.1) is 0 Å². The van der Waals surface area contributed by atoms with E-state index in [1.807, 2.05) is 89.3 Å². The van der Waals surface area contributed by atoms with Crippen LogP contribution in [0.15, 0.2) is 79.1 Å². The summed E-state index contributed by atoms with van der Waals surface area (Å²) in [6.45, 7) is 0.506. The predicted molar refractivity (Wildman–Crippen MR) is 127 cm³/mol. The van der Waals surface area contributed by atoms with Gasteiger partial charge in [0, 0.05) is 24.3 Å². The molecule has 1 aromatic heterocycles. The zero-order chi connectivity index (χ0) is 22.2. The Morgan fingerprint density at radius 2 is 1.72 bits per heavy atom. The lowest BCUT2D eigenvalue weighted by Crippen LogP contribution is -2.27. The van der Waals surface area contributed by atoms with E-state index in [2.05, 4.69) is 4.98 Å². The van der Waals surface area contributed by atoms with Crippen LogP contribution in [0.5, 0.6) is 5.75 Å². The number of carbonyl (C=O) groups excluding carboxylic acids is 1. The summed E-state index contributed by atoms with van der Waals surface area (Å²) >= 11 is 6.34. The first kappa shape index (κ1) is 20.2. The van der Waals surface area contributed by atoms with E-state index in [-0.39, 0.29) is 5.91 Å². The number of methoxy groups -OCH3 is 1. The number of aromatic nitrogens is 2. The van der Waals surface area contributed by atoms with E-state index in [4.69, 9.17) is 16.3 Å². The van der Waals surface area contributed by atoms with Gasteiger partial charge in [0.15, 0.2) is 11.5 Å². The third-order valence-electron chi connectivity index (χ3n) is 5.61. The quantitative estimate of drug-likeness (QED) is 0.408. The van der Waals surface area contributed by atoms with Crippen molar-refractivity contribution in [1.29, 1.82) is 0 Å². The smallest absolute Gasteiger partial charge is 0.283 e. The molecule has 160 valence electrons. The van der Waals surface area contributed by atoms with Gasteiger partial charge >= 0.3 is 0 Å². The van der Waals surface area contributed by atoms with Gasteiger partial charge in [-0.2, -0.15) is 0 Å². The SMILES string of the molecule is COc1ccc(Cn2cnc3c2C(=O)N(c2ccccc2)c2cc(Cl)ccc2N3C)cc1. The minimum Gasteiger partial charge on any atom is -0.497 e. The van der Waals surface area contributed by atoms with Gasteiger partial charge in [-0.05, 0) is 48.0 Å². The number of ether oxygens (including phenoxy) is 1. The van der Waals surface area contributed by atoms with Crippen molar-refractivity contribution in [2.45, 2.75) is 6.54 Å². The molecule has 3 aromatic carbocycles. The molecule has 6 nitrogen and oxygen atoms in total. The molecule has 2 heterocycles. The lowest BCUT2D eigenvalue weighted by atomic mass is 10.2. The molecule has 1 aliphatic heterocycles. The Morgan fingerprint density at radius 1 is 0.969 bits per heavy atom. The number of halogens is 1. The molecular weight excluding hydrogens is 424 g/mol. The molecule has 0 fully saturated rings. The van der Waals surface area contributed by atoms with Crippen molar-refractivity contribution in [3.63, 3.8) is 0 Å². The topological polar surface area (TPSA) is 50.6 Å². The monoisotopic (exact) mass is 444 g/mol. The molecule has 0 saturated carbocycles. The first-order valence-corrected chi connectivity index (χ1v) is 10.6.